The Hall–Kier alpha value is -1.39. The highest BCUT2D eigenvalue weighted by Gasteiger charge is 2.13. The number of carbonyl (C=O) groups is 1. The first-order valence-corrected chi connectivity index (χ1v) is 9.62. The molecule has 0 aliphatic heterocycles. The number of hydrogen-bond donors (Lipinski definition) is 3. The number of amides is 1. The van der Waals surface area contributed by atoms with Crippen LogP contribution in [0.25, 0.3) is 10.8 Å². The number of nitrogens with one attached hydrogen (secondary N) is 2. The zero-order valence-corrected chi connectivity index (χ0v) is 14.6. The van der Waals surface area contributed by atoms with Gasteiger partial charge in [0.15, 0.2) is 0 Å². The van der Waals surface area contributed by atoms with Crippen LogP contribution in [-0.2, 0) is 14.8 Å². The Bertz CT molecular complexity index is 793. The lowest BCUT2D eigenvalue weighted by atomic mass is 10.1. The minimum absolute atomic E-state index is 0.0168. The molecule has 22 heavy (non-hydrogen) atoms. The molecule has 4 N–H and O–H groups in total. The molecule has 0 heterocycles. The van der Waals surface area contributed by atoms with E-state index in [4.69, 9.17) is 5.14 Å². The van der Waals surface area contributed by atoms with Crippen molar-refractivity contribution in [3.8, 4) is 0 Å². The number of carbonyl (C=O) groups excluding carboxylic acids is 1. The predicted molar refractivity (Wildman–Crippen MR) is 95.7 cm³/mol. The average molecular weight is 433 g/mol. The average Bonchev–Trinajstić information content (AvgIpc) is 2.49. The third-order valence-electron chi connectivity index (χ3n) is 3.07. The molecule has 0 unspecified atom stereocenters. The summed E-state index contributed by atoms with van der Waals surface area (Å²) in [5.74, 6) is -0.0168. The van der Waals surface area contributed by atoms with E-state index in [1.54, 1.807) is 18.2 Å². The smallest absolute Gasteiger partial charge is 0.238 e. The van der Waals surface area contributed by atoms with Gasteiger partial charge in [0.05, 0.1) is 9.32 Å². The van der Waals surface area contributed by atoms with Gasteiger partial charge in [0.2, 0.25) is 15.9 Å². The van der Waals surface area contributed by atoms with Gasteiger partial charge in [0.25, 0.3) is 0 Å². The molecule has 0 saturated heterocycles. The topological polar surface area (TPSA) is 101 Å². The molecule has 0 aliphatic carbocycles. The first-order chi connectivity index (χ1) is 10.4. The maximum Gasteiger partial charge on any atom is 0.238 e. The molecule has 0 aliphatic rings. The zero-order chi connectivity index (χ0) is 16.2. The van der Waals surface area contributed by atoms with Crippen LogP contribution in [-0.4, -0.2) is 31.8 Å². The zero-order valence-electron chi connectivity index (χ0n) is 11.7. The Morgan fingerprint density at radius 2 is 1.77 bits per heavy atom. The van der Waals surface area contributed by atoms with Crippen LogP contribution in [0.1, 0.15) is 0 Å². The van der Waals surface area contributed by atoms with Crippen molar-refractivity contribution in [2.75, 3.05) is 22.8 Å². The molecule has 2 rings (SSSR count). The molecule has 118 valence electrons. The molecular formula is C14H16IN3O3S. The number of sulfonamides is 1. The number of rotatable bonds is 6. The number of halogens is 1. The van der Waals surface area contributed by atoms with Crippen molar-refractivity contribution >= 4 is 55.0 Å². The van der Waals surface area contributed by atoms with Crippen LogP contribution in [0.3, 0.4) is 0 Å². The number of alkyl halides is 1. The lowest BCUT2D eigenvalue weighted by Gasteiger charge is -2.12. The minimum Gasteiger partial charge on any atom is -0.383 e. The predicted octanol–water partition coefficient (Wildman–Crippen LogP) is 1.45. The van der Waals surface area contributed by atoms with Crippen LogP contribution in [0.4, 0.5) is 5.69 Å². The first-order valence-electron chi connectivity index (χ1n) is 6.54. The van der Waals surface area contributed by atoms with Crippen molar-refractivity contribution < 1.29 is 13.2 Å². The van der Waals surface area contributed by atoms with Crippen LogP contribution < -0.4 is 15.8 Å². The molecule has 0 radical (unpaired) electrons. The fourth-order valence-electron chi connectivity index (χ4n) is 2.13. The number of benzene rings is 2. The van der Waals surface area contributed by atoms with E-state index in [0.717, 1.165) is 11.1 Å². The number of hydrogen-bond acceptors (Lipinski definition) is 4. The molecule has 0 spiro atoms. The van der Waals surface area contributed by atoms with E-state index in [0.29, 0.717) is 22.9 Å². The van der Waals surface area contributed by atoms with Gasteiger partial charge in [-0.15, -0.1) is 0 Å². The molecular weight excluding hydrogens is 417 g/mol. The summed E-state index contributed by atoms with van der Waals surface area (Å²) in [4.78, 5) is 11.3. The largest absolute Gasteiger partial charge is 0.383 e. The van der Waals surface area contributed by atoms with Crippen molar-refractivity contribution in [2.45, 2.75) is 4.90 Å². The standard InChI is InChI=1S/C14H16IN3O3S/c15-9-14(19)18-8-7-17-12-5-1-4-11-10(12)3-2-6-13(11)22(16,20)21/h1-6,17H,7-9H2,(H,18,19)(H2,16,20,21). The van der Waals surface area contributed by atoms with Crippen molar-refractivity contribution in [3.63, 3.8) is 0 Å². The molecule has 0 fully saturated rings. The Balaban J connectivity index is 2.23. The summed E-state index contributed by atoms with van der Waals surface area (Å²) in [6, 6.07) is 10.3. The fourth-order valence-corrected chi connectivity index (χ4v) is 3.15. The number of fused-ring (bicyclic) bond motifs is 1. The normalized spacial score (nSPS) is 11.4. The quantitative estimate of drug-likeness (QED) is 0.365. The molecule has 8 heteroatoms. The van der Waals surface area contributed by atoms with Gasteiger partial charge < -0.3 is 10.6 Å². The second-order valence-corrected chi connectivity index (χ2v) is 6.90. The summed E-state index contributed by atoms with van der Waals surface area (Å²) >= 11 is 2.00. The summed E-state index contributed by atoms with van der Waals surface area (Å²) in [7, 11) is -3.77. The van der Waals surface area contributed by atoms with Crippen molar-refractivity contribution in [1.29, 1.82) is 0 Å². The molecule has 1 amide bonds. The third-order valence-corrected chi connectivity index (χ3v) is 4.73. The van der Waals surface area contributed by atoms with Crippen molar-refractivity contribution in [1.82, 2.24) is 5.32 Å². The summed E-state index contributed by atoms with van der Waals surface area (Å²) < 4.78 is 23.7. The van der Waals surface area contributed by atoms with Crippen LogP contribution in [0.5, 0.6) is 0 Å². The highest BCUT2D eigenvalue weighted by atomic mass is 127. The van der Waals surface area contributed by atoms with E-state index >= 15 is 0 Å². The highest BCUT2D eigenvalue weighted by molar-refractivity contribution is 14.1. The summed E-state index contributed by atoms with van der Waals surface area (Å²) in [6.45, 7) is 1.04. The van der Waals surface area contributed by atoms with Crippen molar-refractivity contribution in [3.05, 3.63) is 36.4 Å². The number of nitrogens with two attached hydrogens (primary N) is 1. The van der Waals surface area contributed by atoms with E-state index < -0.39 is 10.0 Å². The summed E-state index contributed by atoms with van der Waals surface area (Å²) in [5.41, 5.74) is 0.798. The van der Waals surface area contributed by atoms with E-state index in [-0.39, 0.29) is 10.8 Å². The Morgan fingerprint density at radius 1 is 1.09 bits per heavy atom. The maximum absolute atomic E-state index is 11.6. The number of primary sulfonamides is 1. The van der Waals surface area contributed by atoms with Gasteiger partial charge in [-0.3, -0.25) is 4.79 Å². The fraction of sp³-hybridized carbons (Fsp3) is 0.214. The highest BCUT2D eigenvalue weighted by Crippen LogP contribution is 2.27. The van der Waals surface area contributed by atoms with Gasteiger partial charge in [-0.05, 0) is 12.1 Å². The second kappa shape index (κ2) is 7.25. The van der Waals surface area contributed by atoms with Gasteiger partial charge in [-0.25, -0.2) is 13.6 Å². The van der Waals surface area contributed by atoms with E-state index in [9.17, 15) is 13.2 Å². The summed E-state index contributed by atoms with van der Waals surface area (Å²) in [5, 5.41) is 12.5. The maximum atomic E-state index is 11.6. The van der Waals surface area contributed by atoms with Crippen LogP contribution in [0.2, 0.25) is 0 Å². The lowest BCUT2D eigenvalue weighted by Crippen LogP contribution is -2.29. The first kappa shape index (κ1) is 17.0. The lowest BCUT2D eigenvalue weighted by molar-refractivity contribution is -0.118. The Labute approximate surface area is 142 Å². The van der Waals surface area contributed by atoms with Gasteiger partial charge >= 0.3 is 0 Å². The van der Waals surface area contributed by atoms with Crippen LogP contribution in [0.15, 0.2) is 41.3 Å². The van der Waals surface area contributed by atoms with Gasteiger partial charge in [-0.1, -0.05) is 46.9 Å². The second-order valence-electron chi connectivity index (χ2n) is 4.61. The summed E-state index contributed by atoms with van der Waals surface area (Å²) in [6.07, 6.45) is 0. The molecule has 6 nitrogen and oxygen atoms in total. The third kappa shape index (κ3) is 4.08. The van der Waals surface area contributed by atoms with Crippen LogP contribution >= 0.6 is 22.6 Å². The van der Waals surface area contributed by atoms with Gasteiger partial charge in [0, 0.05) is 29.5 Å². The molecule has 2 aromatic carbocycles. The Morgan fingerprint density at radius 3 is 2.45 bits per heavy atom. The Kier molecular flexibility index (Phi) is 5.59. The molecule has 0 atom stereocenters. The van der Waals surface area contributed by atoms with Crippen molar-refractivity contribution in [2.24, 2.45) is 5.14 Å². The molecule has 2 aromatic rings. The van der Waals surface area contributed by atoms with E-state index in [1.807, 2.05) is 34.7 Å². The molecule has 0 bridgehead atoms. The van der Waals surface area contributed by atoms with Crippen LogP contribution in [0, 0.1) is 0 Å². The SMILES string of the molecule is NS(=O)(=O)c1cccc2c(NCCNC(=O)CI)cccc12. The van der Waals surface area contributed by atoms with Gasteiger partial charge in [0.1, 0.15) is 0 Å². The van der Waals surface area contributed by atoms with Gasteiger partial charge in [-0.2, -0.15) is 0 Å². The molecule has 0 saturated carbocycles. The number of anilines is 1. The van der Waals surface area contributed by atoms with E-state index in [2.05, 4.69) is 10.6 Å². The monoisotopic (exact) mass is 433 g/mol. The minimum atomic E-state index is -3.77. The van der Waals surface area contributed by atoms with E-state index in [1.165, 1.54) is 6.07 Å². The molecule has 0 aromatic heterocycles.